The molecule has 0 radical (unpaired) electrons. The Bertz CT molecular complexity index is 570. The lowest BCUT2D eigenvalue weighted by Gasteiger charge is -2.08. The van der Waals surface area contributed by atoms with E-state index >= 15 is 0 Å². The zero-order valence-electron chi connectivity index (χ0n) is 9.51. The normalized spacial score (nSPS) is 17.4. The van der Waals surface area contributed by atoms with Gasteiger partial charge in [0.15, 0.2) is 5.82 Å². The molecular weight excluding hydrogens is 248 g/mol. The summed E-state index contributed by atoms with van der Waals surface area (Å²) in [7, 11) is 0. The monoisotopic (exact) mass is 260 g/mol. The molecule has 0 saturated carbocycles. The predicted molar refractivity (Wildman–Crippen MR) is 71.4 cm³/mol. The average Bonchev–Trinajstić information content (AvgIpc) is 2.96. The minimum atomic E-state index is -0.106. The summed E-state index contributed by atoms with van der Waals surface area (Å²) in [4.78, 5) is 13.3. The zero-order chi connectivity index (χ0) is 12.5. The van der Waals surface area contributed by atoms with E-state index in [1.165, 1.54) is 16.7 Å². The summed E-state index contributed by atoms with van der Waals surface area (Å²) in [6, 6.07) is 8.07. The van der Waals surface area contributed by atoms with Crippen LogP contribution in [-0.2, 0) is 11.2 Å². The number of H-pyrrole nitrogens is 1. The number of benzene rings is 1. The molecule has 1 aromatic heterocycles. The van der Waals surface area contributed by atoms with Gasteiger partial charge in [0.25, 0.3) is 0 Å². The van der Waals surface area contributed by atoms with Crippen molar-refractivity contribution in [3.63, 3.8) is 0 Å². The summed E-state index contributed by atoms with van der Waals surface area (Å²) in [5, 5.41) is 9.09. The third-order valence-corrected chi connectivity index (χ3v) is 4.17. The van der Waals surface area contributed by atoms with Crippen LogP contribution >= 0.6 is 11.8 Å². The highest BCUT2D eigenvalue weighted by Crippen LogP contribution is 2.37. The van der Waals surface area contributed by atoms with Crippen LogP contribution in [0.5, 0.6) is 0 Å². The molecule has 2 aromatic rings. The summed E-state index contributed by atoms with van der Waals surface area (Å²) in [5.41, 5.74) is 7.33. The Morgan fingerprint density at radius 1 is 1.50 bits per heavy atom. The Hall–Kier alpha value is -1.95. The summed E-state index contributed by atoms with van der Waals surface area (Å²) < 4.78 is 0. The van der Waals surface area contributed by atoms with E-state index in [0.717, 1.165) is 6.42 Å². The SMILES string of the molecule is Nc1cn[nH]c1NC(=O)C1Cc2ccccc2S1. The number of fused-ring (bicyclic) bond motifs is 1. The molecule has 92 valence electrons. The van der Waals surface area contributed by atoms with E-state index < -0.39 is 0 Å². The first-order valence-electron chi connectivity index (χ1n) is 5.58. The molecule has 0 spiro atoms. The number of carbonyl (C=O) groups is 1. The minimum Gasteiger partial charge on any atom is -0.394 e. The largest absolute Gasteiger partial charge is 0.394 e. The molecule has 1 aliphatic heterocycles. The summed E-state index contributed by atoms with van der Waals surface area (Å²) >= 11 is 1.58. The van der Waals surface area contributed by atoms with Crippen molar-refractivity contribution in [2.75, 3.05) is 11.1 Å². The standard InChI is InChI=1S/C12H12N4OS/c13-8-6-14-16-11(8)15-12(17)10-5-7-3-1-2-4-9(7)18-10/h1-4,6,10H,5,13H2,(H2,14,15,16,17). The minimum absolute atomic E-state index is 0.0489. The van der Waals surface area contributed by atoms with Gasteiger partial charge in [-0.1, -0.05) is 18.2 Å². The predicted octanol–water partition coefficient (Wildman–Crippen LogP) is 1.65. The molecule has 4 N–H and O–H groups in total. The lowest BCUT2D eigenvalue weighted by molar-refractivity contribution is -0.115. The van der Waals surface area contributed by atoms with E-state index in [4.69, 9.17) is 5.73 Å². The van der Waals surface area contributed by atoms with Gasteiger partial charge in [-0.05, 0) is 18.1 Å². The molecule has 1 aliphatic rings. The lowest BCUT2D eigenvalue weighted by atomic mass is 10.1. The number of anilines is 2. The van der Waals surface area contributed by atoms with Gasteiger partial charge in [-0.2, -0.15) is 5.10 Å². The third-order valence-electron chi connectivity index (χ3n) is 2.86. The second-order valence-electron chi connectivity index (χ2n) is 4.11. The number of aromatic amines is 1. The van der Waals surface area contributed by atoms with Crippen LogP contribution in [0.25, 0.3) is 0 Å². The first-order valence-corrected chi connectivity index (χ1v) is 6.46. The van der Waals surface area contributed by atoms with Gasteiger partial charge in [0.1, 0.15) is 0 Å². The summed E-state index contributed by atoms with van der Waals surface area (Å²) in [5.74, 6) is 0.420. The molecule has 0 bridgehead atoms. The zero-order valence-corrected chi connectivity index (χ0v) is 10.3. The van der Waals surface area contributed by atoms with Crippen molar-refractivity contribution in [1.29, 1.82) is 0 Å². The number of nitrogens with one attached hydrogen (secondary N) is 2. The second kappa shape index (κ2) is 4.38. The first kappa shape index (κ1) is 11.2. The number of thioether (sulfide) groups is 1. The molecule has 1 amide bonds. The fourth-order valence-electron chi connectivity index (χ4n) is 1.93. The van der Waals surface area contributed by atoms with Gasteiger partial charge in [0.05, 0.1) is 17.1 Å². The van der Waals surface area contributed by atoms with Crippen LogP contribution < -0.4 is 11.1 Å². The number of hydrogen-bond acceptors (Lipinski definition) is 4. The van der Waals surface area contributed by atoms with Crippen LogP contribution in [0.1, 0.15) is 5.56 Å². The van der Waals surface area contributed by atoms with Crippen LogP contribution in [0.3, 0.4) is 0 Å². The van der Waals surface area contributed by atoms with Crippen molar-refractivity contribution < 1.29 is 4.79 Å². The lowest BCUT2D eigenvalue weighted by Crippen LogP contribution is -2.25. The Balaban J connectivity index is 1.71. The molecule has 0 fully saturated rings. The van der Waals surface area contributed by atoms with Crippen LogP contribution in [0.4, 0.5) is 11.5 Å². The van der Waals surface area contributed by atoms with Gasteiger partial charge in [-0.15, -0.1) is 11.8 Å². The van der Waals surface area contributed by atoms with Crippen LogP contribution in [0.2, 0.25) is 0 Å². The van der Waals surface area contributed by atoms with Crippen LogP contribution in [0.15, 0.2) is 35.4 Å². The van der Waals surface area contributed by atoms with Gasteiger partial charge in [0.2, 0.25) is 5.91 Å². The topological polar surface area (TPSA) is 83.8 Å². The summed E-state index contributed by atoms with van der Waals surface area (Å²) in [6.45, 7) is 0. The number of carbonyl (C=O) groups excluding carboxylic acids is 1. The highest BCUT2D eigenvalue weighted by Gasteiger charge is 2.28. The maximum atomic E-state index is 12.1. The first-order chi connectivity index (χ1) is 8.74. The smallest absolute Gasteiger partial charge is 0.239 e. The van der Waals surface area contributed by atoms with Gasteiger partial charge >= 0.3 is 0 Å². The van der Waals surface area contributed by atoms with E-state index in [-0.39, 0.29) is 11.2 Å². The number of hydrogen-bond donors (Lipinski definition) is 3. The molecule has 1 atom stereocenters. The number of amides is 1. The second-order valence-corrected chi connectivity index (χ2v) is 5.35. The fraction of sp³-hybridized carbons (Fsp3) is 0.167. The van der Waals surface area contributed by atoms with Crippen molar-refractivity contribution in [2.45, 2.75) is 16.6 Å². The average molecular weight is 260 g/mol. The Morgan fingerprint density at radius 3 is 3.06 bits per heavy atom. The van der Waals surface area contributed by atoms with Crippen molar-refractivity contribution in [2.24, 2.45) is 0 Å². The maximum Gasteiger partial charge on any atom is 0.239 e. The molecule has 5 nitrogen and oxygen atoms in total. The number of nitrogens with two attached hydrogens (primary N) is 1. The maximum absolute atomic E-state index is 12.1. The van der Waals surface area contributed by atoms with E-state index in [2.05, 4.69) is 21.6 Å². The van der Waals surface area contributed by atoms with E-state index in [0.29, 0.717) is 11.5 Å². The number of nitrogen functional groups attached to an aromatic ring is 1. The van der Waals surface area contributed by atoms with Crippen molar-refractivity contribution in [1.82, 2.24) is 10.2 Å². The van der Waals surface area contributed by atoms with Crippen LogP contribution in [-0.4, -0.2) is 21.4 Å². The van der Waals surface area contributed by atoms with Gasteiger partial charge < -0.3 is 11.1 Å². The van der Waals surface area contributed by atoms with Crippen molar-refractivity contribution in [3.8, 4) is 0 Å². The summed E-state index contributed by atoms with van der Waals surface area (Å²) in [6.07, 6.45) is 2.23. The van der Waals surface area contributed by atoms with Gasteiger partial charge in [-0.25, -0.2) is 0 Å². The highest BCUT2D eigenvalue weighted by molar-refractivity contribution is 8.01. The number of aromatic nitrogens is 2. The Morgan fingerprint density at radius 2 is 2.33 bits per heavy atom. The number of rotatable bonds is 2. The molecule has 2 heterocycles. The molecule has 1 aromatic carbocycles. The molecule has 18 heavy (non-hydrogen) atoms. The molecule has 1 unspecified atom stereocenters. The van der Waals surface area contributed by atoms with Gasteiger partial charge in [0, 0.05) is 4.90 Å². The van der Waals surface area contributed by atoms with E-state index in [9.17, 15) is 4.79 Å². The van der Waals surface area contributed by atoms with Crippen molar-refractivity contribution in [3.05, 3.63) is 36.0 Å². The molecule has 3 rings (SSSR count). The molecule has 0 aliphatic carbocycles. The quantitative estimate of drug-likeness (QED) is 0.766. The molecule has 6 heteroatoms. The number of nitrogens with zero attached hydrogens (tertiary/aromatic N) is 1. The fourth-order valence-corrected chi connectivity index (χ4v) is 3.12. The molecule has 0 saturated heterocycles. The van der Waals surface area contributed by atoms with Crippen LogP contribution in [0, 0.1) is 0 Å². The molecular formula is C12H12N4OS. The Kier molecular flexibility index (Phi) is 2.71. The van der Waals surface area contributed by atoms with E-state index in [1.807, 2.05) is 18.2 Å². The van der Waals surface area contributed by atoms with Gasteiger partial charge in [-0.3, -0.25) is 9.89 Å². The highest BCUT2D eigenvalue weighted by atomic mass is 32.2. The third kappa shape index (κ3) is 1.95. The Labute approximate surface area is 108 Å². The van der Waals surface area contributed by atoms with E-state index in [1.54, 1.807) is 11.8 Å². The van der Waals surface area contributed by atoms with Crippen molar-refractivity contribution >= 4 is 29.2 Å².